The van der Waals surface area contributed by atoms with Crippen molar-refractivity contribution in [2.45, 2.75) is 51.5 Å². The number of rotatable bonds is 5. The lowest BCUT2D eigenvalue weighted by molar-refractivity contribution is -0.132. The molecule has 2 amide bonds. The Morgan fingerprint density at radius 1 is 1.26 bits per heavy atom. The van der Waals surface area contributed by atoms with Gasteiger partial charge < -0.3 is 10.6 Å². The molecule has 6 nitrogen and oxygen atoms in total. The van der Waals surface area contributed by atoms with Crippen LogP contribution in [0.3, 0.4) is 0 Å². The minimum absolute atomic E-state index is 0.0130. The van der Waals surface area contributed by atoms with Crippen LogP contribution in [-0.4, -0.2) is 53.8 Å². The monoisotopic (exact) mass is 372 g/mol. The Kier molecular flexibility index (Phi) is 5.06. The number of carbonyl (C=O) groups is 2. The van der Waals surface area contributed by atoms with Crippen LogP contribution in [0.4, 0.5) is 0 Å². The highest BCUT2D eigenvalue weighted by molar-refractivity contribution is 5.83. The van der Waals surface area contributed by atoms with E-state index < -0.39 is 5.41 Å². The average molecular weight is 373 g/mol. The van der Waals surface area contributed by atoms with Gasteiger partial charge in [-0.3, -0.25) is 19.5 Å². The van der Waals surface area contributed by atoms with Crippen LogP contribution in [-0.2, 0) is 15.1 Å². The predicted molar refractivity (Wildman–Crippen MR) is 105 cm³/mol. The van der Waals surface area contributed by atoms with Gasteiger partial charge in [-0.05, 0) is 71.2 Å². The van der Waals surface area contributed by atoms with Crippen molar-refractivity contribution in [3.05, 3.63) is 30.1 Å². The average Bonchev–Trinajstić information content (AvgIpc) is 2.91. The third-order valence-corrected chi connectivity index (χ3v) is 6.79. The molecule has 0 unspecified atom stereocenters. The van der Waals surface area contributed by atoms with E-state index >= 15 is 0 Å². The van der Waals surface area contributed by atoms with E-state index in [1.54, 1.807) is 0 Å². The van der Waals surface area contributed by atoms with Crippen molar-refractivity contribution in [3.8, 4) is 0 Å². The molecular formula is C21H32N4O2. The highest BCUT2D eigenvalue weighted by Gasteiger charge is 2.51. The zero-order valence-electron chi connectivity index (χ0n) is 17.0. The van der Waals surface area contributed by atoms with E-state index in [0.717, 1.165) is 37.9 Å². The number of carbonyl (C=O) groups excluding carboxylic acids is 2. The molecule has 1 aliphatic carbocycles. The summed E-state index contributed by atoms with van der Waals surface area (Å²) in [6, 6.07) is 6.11. The molecule has 3 rings (SSSR count). The van der Waals surface area contributed by atoms with Gasteiger partial charge in [-0.25, -0.2) is 0 Å². The smallest absolute Gasteiger partial charge is 0.224 e. The Bertz CT molecular complexity index is 706. The summed E-state index contributed by atoms with van der Waals surface area (Å²) in [4.78, 5) is 33.1. The first-order valence-corrected chi connectivity index (χ1v) is 9.77. The van der Waals surface area contributed by atoms with E-state index in [0.29, 0.717) is 13.0 Å². The first-order chi connectivity index (χ1) is 12.6. The van der Waals surface area contributed by atoms with Gasteiger partial charge in [0.2, 0.25) is 11.8 Å². The molecule has 1 saturated carbocycles. The molecule has 2 fully saturated rings. The van der Waals surface area contributed by atoms with Crippen molar-refractivity contribution in [2.75, 3.05) is 27.2 Å². The van der Waals surface area contributed by atoms with Gasteiger partial charge in [0.1, 0.15) is 0 Å². The van der Waals surface area contributed by atoms with Gasteiger partial charge in [0, 0.05) is 25.7 Å². The van der Waals surface area contributed by atoms with Crippen LogP contribution in [0.1, 0.15) is 51.6 Å². The number of nitrogens with two attached hydrogens (primary N) is 1. The second-order valence-electron chi connectivity index (χ2n) is 9.32. The highest BCUT2D eigenvalue weighted by atomic mass is 16.2. The predicted octanol–water partition coefficient (Wildman–Crippen LogP) is 2.14. The summed E-state index contributed by atoms with van der Waals surface area (Å²) < 4.78 is 0. The van der Waals surface area contributed by atoms with Crippen molar-refractivity contribution in [1.29, 1.82) is 0 Å². The van der Waals surface area contributed by atoms with Gasteiger partial charge in [0.15, 0.2) is 0 Å². The minimum Gasteiger partial charge on any atom is -0.369 e. The van der Waals surface area contributed by atoms with Crippen LogP contribution in [0.25, 0.3) is 0 Å². The summed E-state index contributed by atoms with van der Waals surface area (Å²) in [7, 11) is 4.24. The molecule has 2 aliphatic rings. The maximum atomic E-state index is 12.7. The highest BCUT2D eigenvalue weighted by Crippen LogP contribution is 2.51. The van der Waals surface area contributed by atoms with Crippen LogP contribution in [0, 0.1) is 10.8 Å². The zero-order chi connectivity index (χ0) is 19.9. The van der Waals surface area contributed by atoms with Crippen molar-refractivity contribution in [1.82, 2.24) is 14.8 Å². The molecule has 1 aromatic rings. The van der Waals surface area contributed by atoms with E-state index in [1.165, 1.54) is 0 Å². The third-order valence-electron chi connectivity index (χ3n) is 6.79. The fraction of sp³-hybridized carbons (Fsp3) is 0.667. The van der Waals surface area contributed by atoms with Gasteiger partial charge >= 0.3 is 0 Å². The molecule has 2 N–H and O–H groups in total. The molecule has 1 spiro atoms. The molecule has 1 saturated heterocycles. The van der Waals surface area contributed by atoms with Gasteiger partial charge in [-0.2, -0.15) is 0 Å². The topological polar surface area (TPSA) is 79.5 Å². The lowest BCUT2D eigenvalue weighted by Crippen LogP contribution is -2.48. The second kappa shape index (κ2) is 6.89. The molecule has 148 valence electrons. The Balaban J connectivity index is 1.75. The Morgan fingerprint density at radius 3 is 2.44 bits per heavy atom. The quantitative estimate of drug-likeness (QED) is 0.859. The molecule has 0 radical (unpaired) electrons. The van der Waals surface area contributed by atoms with Crippen LogP contribution in [0.2, 0.25) is 0 Å². The van der Waals surface area contributed by atoms with E-state index in [-0.39, 0.29) is 22.8 Å². The van der Waals surface area contributed by atoms with E-state index in [1.807, 2.05) is 37.1 Å². The fourth-order valence-electron chi connectivity index (χ4n) is 4.78. The van der Waals surface area contributed by atoms with Gasteiger partial charge in [-0.15, -0.1) is 0 Å². The van der Waals surface area contributed by atoms with Gasteiger partial charge in [-0.1, -0.05) is 6.07 Å². The van der Waals surface area contributed by atoms with E-state index in [9.17, 15) is 9.59 Å². The number of aromatic nitrogens is 1. The summed E-state index contributed by atoms with van der Waals surface area (Å²) in [6.45, 7) is 4.76. The summed E-state index contributed by atoms with van der Waals surface area (Å²) >= 11 is 0. The first kappa shape index (κ1) is 19.8. The maximum absolute atomic E-state index is 12.7. The zero-order valence-corrected chi connectivity index (χ0v) is 17.0. The minimum atomic E-state index is -0.697. The summed E-state index contributed by atoms with van der Waals surface area (Å²) in [5, 5.41) is 0. The SMILES string of the molecule is CN(C)C1(c2ccccn2)CCC2(CC1)CC(=O)N(CC(C)(C)C(N)=O)C2. The number of nitrogens with zero attached hydrogens (tertiary/aromatic N) is 3. The molecule has 0 bridgehead atoms. The van der Waals surface area contributed by atoms with Crippen LogP contribution in [0.5, 0.6) is 0 Å². The lowest BCUT2D eigenvalue weighted by atomic mass is 9.65. The van der Waals surface area contributed by atoms with Crippen LogP contribution >= 0.6 is 0 Å². The lowest BCUT2D eigenvalue weighted by Gasteiger charge is -2.48. The number of hydrogen-bond acceptors (Lipinski definition) is 4. The third kappa shape index (κ3) is 3.59. The normalized spacial score (nSPS) is 28.9. The summed E-state index contributed by atoms with van der Waals surface area (Å²) in [5.41, 5.74) is 5.86. The van der Waals surface area contributed by atoms with Gasteiger partial charge in [0.05, 0.1) is 16.6 Å². The van der Waals surface area contributed by atoms with Crippen LogP contribution in [0.15, 0.2) is 24.4 Å². The van der Waals surface area contributed by atoms with Gasteiger partial charge in [0.25, 0.3) is 0 Å². The fourth-order valence-corrected chi connectivity index (χ4v) is 4.78. The van der Waals surface area contributed by atoms with E-state index in [4.69, 9.17) is 5.73 Å². The Morgan fingerprint density at radius 2 is 1.93 bits per heavy atom. The van der Waals surface area contributed by atoms with Crippen molar-refractivity contribution < 1.29 is 9.59 Å². The molecule has 0 aromatic carbocycles. The molecule has 1 aromatic heterocycles. The molecular weight excluding hydrogens is 340 g/mol. The Labute approximate surface area is 162 Å². The molecule has 1 aliphatic heterocycles. The first-order valence-electron chi connectivity index (χ1n) is 9.77. The maximum Gasteiger partial charge on any atom is 0.224 e. The molecule has 2 heterocycles. The van der Waals surface area contributed by atoms with Crippen molar-refractivity contribution >= 4 is 11.8 Å². The molecule has 27 heavy (non-hydrogen) atoms. The van der Waals surface area contributed by atoms with Crippen LogP contribution < -0.4 is 5.73 Å². The Hall–Kier alpha value is -1.95. The van der Waals surface area contributed by atoms with Crippen molar-refractivity contribution in [2.24, 2.45) is 16.6 Å². The number of likely N-dealkylation sites (tertiary alicyclic amines) is 1. The number of pyridine rings is 1. The number of primary amides is 1. The summed E-state index contributed by atoms with van der Waals surface area (Å²) in [6.07, 6.45) is 6.38. The molecule has 0 atom stereocenters. The number of amides is 2. The standard InChI is InChI=1S/C21H32N4O2/c1-19(2,18(22)27)14-25-15-20(13-17(25)26)8-10-21(11-9-20,24(3)4)16-7-5-6-12-23-16/h5-7,12H,8-11,13-15H2,1-4H3,(H2,22,27). The molecule has 6 heteroatoms. The number of hydrogen-bond donors (Lipinski definition) is 1. The van der Waals surface area contributed by atoms with Crippen molar-refractivity contribution in [3.63, 3.8) is 0 Å². The largest absolute Gasteiger partial charge is 0.369 e. The van der Waals surface area contributed by atoms with E-state index in [2.05, 4.69) is 30.0 Å². The summed E-state index contributed by atoms with van der Waals surface area (Å²) in [5.74, 6) is -0.207. The second-order valence-corrected chi connectivity index (χ2v) is 9.32.